The van der Waals surface area contributed by atoms with E-state index in [1.165, 1.54) is 6.07 Å². The topological polar surface area (TPSA) is 58.6 Å². The molecule has 0 aliphatic rings. The number of benzene rings is 1. The number of phenolic OH excluding ortho intramolecular Hbond substituents is 1. The van der Waals surface area contributed by atoms with Crippen LogP contribution in [-0.4, -0.2) is 30.8 Å². The third-order valence-electron chi connectivity index (χ3n) is 2.60. The van der Waals surface area contributed by atoms with Gasteiger partial charge in [0.25, 0.3) is 5.91 Å². The third-order valence-corrected chi connectivity index (χ3v) is 2.60. The molecule has 1 aromatic rings. The summed E-state index contributed by atoms with van der Waals surface area (Å²) in [6.45, 7) is 8.01. The second-order valence-corrected chi connectivity index (χ2v) is 5.10. The van der Waals surface area contributed by atoms with E-state index in [9.17, 15) is 9.90 Å². The average molecular weight is 265 g/mol. The van der Waals surface area contributed by atoms with Crippen LogP contribution in [0.5, 0.6) is 5.75 Å². The summed E-state index contributed by atoms with van der Waals surface area (Å²) in [6.07, 6.45) is 0.769. The molecular formula is C15H23NO3. The molecule has 0 radical (unpaired) electrons. The van der Waals surface area contributed by atoms with Gasteiger partial charge in [-0.25, -0.2) is 0 Å². The van der Waals surface area contributed by atoms with Crippen LogP contribution in [0.2, 0.25) is 0 Å². The molecule has 0 spiro atoms. The van der Waals surface area contributed by atoms with Crippen LogP contribution >= 0.6 is 0 Å². The number of amides is 1. The molecule has 106 valence electrons. The lowest BCUT2D eigenvalue weighted by molar-refractivity contribution is 0.0922. The first-order valence-electron chi connectivity index (χ1n) is 6.66. The van der Waals surface area contributed by atoms with Crippen LogP contribution in [-0.2, 0) is 4.74 Å². The smallest absolute Gasteiger partial charge is 0.255 e. The van der Waals surface area contributed by atoms with Gasteiger partial charge < -0.3 is 15.2 Å². The van der Waals surface area contributed by atoms with E-state index in [1.54, 1.807) is 12.1 Å². The number of rotatable bonds is 7. The largest absolute Gasteiger partial charge is 0.507 e. The molecule has 0 aromatic heterocycles. The molecule has 0 bridgehead atoms. The molecule has 19 heavy (non-hydrogen) atoms. The Morgan fingerprint density at radius 1 is 1.42 bits per heavy atom. The van der Waals surface area contributed by atoms with Gasteiger partial charge in [-0.2, -0.15) is 0 Å². The molecule has 0 atom stereocenters. The van der Waals surface area contributed by atoms with Gasteiger partial charge in [-0.1, -0.05) is 25.5 Å². The van der Waals surface area contributed by atoms with E-state index < -0.39 is 0 Å². The second-order valence-electron chi connectivity index (χ2n) is 5.10. The Morgan fingerprint density at radius 3 is 2.84 bits per heavy atom. The number of ether oxygens (including phenoxy) is 1. The van der Waals surface area contributed by atoms with Crippen molar-refractivity contribution >= 4 is 5.91 Å². The lowest BCUT2D eigenvalue weighted by Crippen LogP contribution is -2.25. The number of hydrogen-bond acceptors (Lipinski definition) is 3. The van der Waals surface area contributed by atoms with E-state index in [0.717, 1.165) is 18.6 Å². The van der Waals surface area contributed by atoms with Crippen molar-refractivity contribution in [2.75, 3.05) is 19.8 Å². The molecule has 0 saturated heterocycles. The Bertz CT molecular complexity index is 416. The molecule has 1 aromatic carbocycles. The standard InChI is InChI=1S/C15H23NO3/c1-11(2)10-19-8-4-7-16-15(18)13-9-12(3)5-6-14(13)17/h5-6,9,11,17H,4,7-8,10H2,1-3H3,(H,16,18). The number of carbonyl (C=O) groups excluding carboxylic acids is 1. The SMILES string of the molecule is Cc1ccc(O)c(C(=O)NCCCOCC(C)C)c1. The molecule has 4 heteroatoms. The fourth-order valence-corrected chi connectivity index (χ4v) is 1.62. The van der Waals surface area contributed by atoms with Gasteiger partial charge in [0.15, 0.2) is 0 Å². The maximum atomic E-state index is 11.8. The van der Waals surface area contributed by atoms with Crippen molar-refractivity contribution in [3.05, 3.63) is 29.3 Å². The number of carbonyl (C=O) groups is 1. The summed E-state index contributed by atoms with van der Waals surface area (Å²) in [5.41, 5.74) is 1.27. The minimum Gasteiger partial charge on any atom is -0.507 e. The van der Waals surface area contributed by atoms with E-state index in [0.29, 0.717) is 24.6 Å². The Hall–Kier alpha value is -1.55. The molecule has 0 heterocycles. The first kappa shape index (κ1) is 15.5. The minimum absolute atomic E-state index is 0.0131. The van der Waals surface area contributed by atoms with Crippen LogP contribution in [0.1, 0.15) is 36.2 Å². The fraction of sp³-hybridized carbons (Fsp3) is 0.533. The van der Waals surface area contributed by atoms with Crippen molar-refractivity contribution in [3.8, 4) is 5.75 Å². The maximum absolute atomic E-state index is 11.8. The zero-order valence-corrected chi connectivity index (χ0v) is 11.9. The highest BCUT2D eigenvalue weighted by Crippen LogP contribution is 2.17. The second kappa shape index (κ2) is 7.79. The molecule has 0 aliphatic carbocycles. The summed E-state index contributed by atoms with van der Waals surface area (Å²) in [4.78, 5) is 11.8. The summed E-state index contributed by atoms with van der Waals surface area (Å²) in [7, 11) is 0. The van der Waals surface area contributed by atoms with Gasteiger partial charge in [0.1, 0.15) is 5.75 Å². The molecule has 0 aliphatic heterocycles. The van der Waals surface area contributed by atoms with Crippen molar-refractivity contribution in [2.24, 2.45) is 5.92 Å². The highest BCUT2D eigenvalue weighted by atomic mass is 16.5. The molecule has 2 N–H and O–H groups in total. The number of aryl methyl sites for hydroxylation is 1. The Kier molecular flexibility index (Phi) is 6.36. The Balaban J connectivity index is 2.29. The van der Waals surface area contributed by atoms with Crippen LogP contribution in [0.4, 0.5) is 0 Å². The normalized spacial score (nSPS) is 10.7. The summed E-state index contributed by atoms with van der Waals surface area (Å²) in [5, 5.41) is 12.4. The predicted octanol–water partition coefficient (Wildman–Crippen LogP) is 2.49. The fourth-order valence-electron chi connectivity index (χ4n) is 1.62. The Labute approximate surface area is 114 Å². The van der Waals surface area contributed by atoms with Gasteiger partial charge >= 0.3 is 0 Å². The van der Waals surface area contributed by atoms with Crippen molar-refractivity contribution in [1.82, 2.24) is 5.32 Å². The monoisotopic (exact) mass is 265 g/mol. The van der Waals surface area contributed by atoms with Gasteiger partial charge in [-0.05, 0) is 31.4 Å². The van der Waals surface area contributed by atoms with Crippen LogP contribution in [0.3, 0.4) is 0 Å². The third kappa shape index (κ3) is 5.75. The van der Waals surface area contributed by atoms with E-state index in [2.05, 4.69) is 19.2 Å². The van der Waals surface area contributed by atoms with Gasteiger partial charge in [-0.15, -0.1) is 0 Å². The van der Waals surface area contributed by atoms with Crippen LogP contribution < -0.4 is 5.32 Å². The molecule has 0 fully saturated rings. The van der Waals surface area contributed by atoms with E-state index in [-0.39, 0.29) is 11.7 Å². The van der Waals surface area contributed by atoms with Gasteiger partial charge in [-0.3, -0.25) is 4.79 Å². The van der Waals surface area contributed by atoms with Gasteiger partial charge in [0.05, 0.1) is 5.56 Å². The summed E-state index contributed by atoms with van der Waals surface area (Å²) >= 11 is 0. The molecule has 1 rings (SSSR count). The first-order valence-corrected chi connectivity index (χ1v) is 6.66. The Morgan fingerprint density at radius 2 is 2.16 bits per heavy atom. The molecular weight excluding hydrogens is 242 g/mol. The van der Waals surface area contributed by atoms with Crippen LogP contribution in [0.25, 0.3) is 0 Å². The zero-order valence-electron chi connectivity index (χ0n) is 11.9. The van der Waals surface area contributed by atoms with Gasteiger partial charge in [0.2, 0.25) is 0 Å². The van der Waals surface area contributed by atoms with Crippen molar-refractivity contribution < 1.29 is 14.6 Å². The summed E-state index contributed by atoms with van der Waals surface area (Å²) in [6, 6.07) is 4.99. The minimum atomic E-state index is -0.245. The number of aromatic hydroxyl groups is 1. The van der Waals surface area contributed by atoms with Crippen molar-refractivity contribution in [1.29, 1.82) is 0 Å². The lowest BCUT2D eigenvalue weighted by atomic mass is 10.1. The molecule has 0 saturated carbocycles. The molecule has 1 amide bonds. The van der Waals surface area contributed by atoms with Crippen molar-refractivity contribution in [2.45, 2.75) is 27.2 Å². The van der Waals surface area contributed by atoms with Gasteiger partial charge in [0, 0.05) is 19.8 Å². The first-order chi connectivity index (χ1) is 9.00. The number of phenols is 1. The quantitative estimate of drug-likeness (QED) is 0.745. The highest BCUT2D eigenvalue weighted by molar-refractivity contribution is 5.96. The maximum Gasteiger partial charge on any atom is 0.255 e. The summed E-state index contributed by atoms with van der Waals surface area (Å²) in [5.74, 6) is 0.294. The van der Waals surface area contributed by atoms with E-state index in [4.69, 9.17) is 4.74 Å². The average Bonchev–Trinajstić information content (AvgIpc) is 2.36. The zero-order chi connectivity index (χ0) is 14.3. The predicted molar refractivity (Wildman–Crippen MR) is 75.5 cm³/mol. The molecule has 4 nitrogen and oxygen atoms in total. The van der Waals surface area contributed by atoms with Crippen LogP contribution in [0, 0.1) is 12.8 Å². The van der Waals surface area contributed by atoms with Crippen molar-refractivity contribution in [3.63, 3.8) is 0 Å². The lowest BCUT2D eigenvalue weighted by Gasteiger charge is -2.09. The molecule has 0 unspecified atom stereocenters. The van der Waals surface area contributed by atoms with E-state index >= 15 is 0 Å². The number of nitrogens with one attached hydrogen (secondary N) is 1. The highest BCUT2D eigenvalue weighted by Gasteiger charge is 2.10. The summed E-state index contributed by atoms with van der Waals surface area (Å²) < 4.78 is 5.42. The van der Waals surface area contributed by atoms with Crippen LogP contribution in [0.15, 0.2) is 18.2 Å². The number of hydrogen-bond donors (Lipinski definition) is 2. The van der Waals surface area contributed by atoms with E-state index in [1.807, 2.05) is 6.92 Å².